The van der Waals surface area contributed by atoms with E-state index in [1.54, 1.807) is 0 Å². The van der Waals surface area contributed by atoms with Crippen LogP contribution in [-0.2, 0) is 9.53 Å². The van der Waals surface area contributed by atoms with E-state index in [-0.39, 0.29) is 11.5 Å². The minimum absolute atomic E-state index is 0.00296. The van der Waals surface area contributed by atoms with Gasteiger partial charge < -0.3 is 9.64 Å². The molecule has 0 radical (unpaired) electrons. The molecule has 1 aliphatic carbocycles. The van der Waals surface area contributed by atoms with E-state index in [0.29, 0.717) is 24.4 Å². The van der Waals surface area contributed by atoms with Crippen molar-refractivity contribution in [3.8, 4) is 0 Å². The van der Waals surface area contributed by atoms with Gasteiger partial charge >= 0.3 is 5.97 Å². The van der Waals surface area contributed by atoms with E-state index in [4.69, 9.17) is 4.74 Å². The molecule has 0 aromatic rings. The zero-order chi connectivity index (χ0) is 15.7. The van der Waals surface area contributed by atoms with Gasteiger partial charge in [-0.15, -0.1) is 0 Å². The number of nitrogens with zero attached hydrogens (tertiary/aromatic N) is 2. The molecule has 0 spiro atoms. The van der Waals surface area contributed by atoms with Crippen LogP contribution >= 0.6 is 0 Å². The first-order valence-corrected chi connectivity index (χ1v) is 8.38. The number of rotatable bonds is 4. The molecule has 1 saturated carbocycles. The lowest BCUT2D eigenvalue weighted by Crippen LogP contribution is -2.58. The van der Waals surface area contributed by atoms with E-state index < -0.39 is 0 Å². The van der Waals surface area contributed by atoms with Crippen molar-refractivity contribution in [1.29, 1.82) is 0 Å². The Kier molecular flexibility index (Phi) is 4.99. The lowest BCUT2D eigenvalue weighted by Gasteiger charge is -2.48. The van der Waals surface area contributed by atoms with Gasteiger partial charge in [-0.25, -0.2) is 0 Å². The summed E-state index contributed by atoms with van der Waals surface area (Å²) in [6.07, 6.45) is 2.84. The van der Waals surface area contributed by atoms with Gasteiger partial charge in [0.15, 0.2) is 0 Å². The van der Waals surface area contributed by atoms with Gasteiger partial charge in [0.1, 0.15) is 0 Å². The fourth-order valence-corrected chi connectivity index (χ4v) is 4.58. The molecule has 2 rings (SSSR count). The molecule has 1 heterocycles. The lowest BCUT2D eigenvalue weighted by molar-refractivity contribution is -0.148. The van der Waals surface area contributed by atoms with Crippen molar-refractivity contribution in [3.63, 3.8) is 0 Å². The highest BCUT2D eigenvalue weighted by Gasteiger charge is 2.53. The van der Waals surface area contributed by atoms with Gasteiger partial charge in [0.25, 0.3) is 0 Å². The predicted molar refractivity (Wildman–Crippen MR) is 85.2 cm³/mol. The molecule has 0 amide bonds. The number of carbonyl (C=O) groups is 1. The van der Waals surface area contributed by atoms with Crippen LogP contribution in [0.4, 0.5) is 0 Å². The van der Waals surface area contributed by atoms with Crippen molar-refractivity contribution in [2.45, 2.75) is 52.5 Å². The van der Waals surface area contributed by atoms with Crippen LogP contribution in [0, 0.1) is 11.3 Å². The summed E-state index contributed by atoms with van der Waals surface area (Å²) in [6.45, 7) is 13.7. The second-order valence-electron chi connectivity index (χ2n) is 7.82. The maximum absolute atomic E-state index is 12.2. The molecular formula is C17H32N2O2. The Morgan fingerprint density at radius 2 is 1.86 bits per heavy atom. The van der Waals surface area contributed by atoms with E-state index in [0.717, 1.165) is 32.6 Å². The Morgan fingerprint density at radius 1 is 1.24 bits per heavy atom. The van der Waals surface area contributed by atoms with Crippen LogP contribution in [0.1, 0.15) is 47.0 Å². The minimum Gasteiger partial charge on any atom is -0.466 e. The van der Waals surface area contributed by atoms with Crippen molar-refractivity contribution < 1.29 is 9.53 Å². The minimum atomic E-state index is -0.0269. The summed E-state index contributed by atoms with van der Waals surface area (Å²) in [7, 11) is 2.18. The smallest absolute Gasteiger partial charge is 0.307 e. The third-order valence-electron chi connectivity index (χ3n) is 5.45. The number of carbonyl (C=O) groups excluding carboxylic acids is 1. The number of hydrogen-bond donors (Lipinski definition) is 0. The molecule has 4 heteroatoms. The number of likely N-dealkylation sites (N-methyl/N-ethyl adjacent to an activating group) is 1. The second-order valence-corrected chi connectivity index (χ2v) is 7.82. The molecule has 1 saturated heterocycles. The van der Waals surface area contributed by atoms with E-state index in [2.05, 4.69) is 37.6 Å². The monoisotopic (exact) mass is 296 g/mol. The fraction of sp³-hybridized carbons (Fsp3) is 0.941. The van der Waals surface area contributed by atoms with Crippen molar-refractivity contribution in [1.82, 2.24) is 9.80 Å². The van der Waals surface area contributed by atoms with Gasteiger partial charge in [0.2, 0.25) is 0 Å². The number of ether oxygens (including phenoxy) is 1. The molecule has 4 nitrogen and oxygen atoms in total. The quantitative estimate of drug-likeness (QED) is 0.746. The molecule has 122 valence electrons. The summed E-state index contributed by atoms with van der Waals surface area (Å²) in [5.41, 5.74) is 0.312. The highest BCUT2D eigenvalue weighted by molar-refractivity contribution is 5.71. The van der Waals surface area contributed by atoms with Gasteiger partial charge in [0, 0.05) is 31.7 Å². The van der Waals surface area contributed by atoms with Crippen LogP contribution in [0.5, 0.6) is 0 Å². The molecule has 2 fully saturated rings. The fourth-order valence-electron chi connectivity index (χ4n) is 4.58. The first-order valence-electron chi connectivity index (χ1n) is 8.38. The van der Waals surface area contributed by atoms with Gasteiger partial charge in [-0.3, -0.25) is 9.69 Å². The molecule has 21 heavy (non-hydrogen) atoms. The van der Waals surface area contributed by atoms with Crippen LogP contribution in [-0.4, -0.2) is 61.1 Å². The number of piperazine rings is 1. The third-order valence-corrected chi connectivity index (χ3v) is 5.45. The molecule has 2 unspecified atom stereocenters. The standard InChI is InChI=1S/C17H32N2O2/c1-6-21-15(20)12-17(13-16(3,4)11-14(17)2)19-9-7-18(5)8-10-19/h14H,6-13H2,1-5H3. The SMILES string of the molecule is CCOC(=O)CC1(N2CCN(C)CC2)CC(C)(C)CC1C. The molecule has 1 aliphatic heterocycles. The van der Waals surface area contributed by atoms with Crippen LogP contribution in [0.2, 0.25) is 0 Å². The van der Waals surface area contributed by atoms with Crippen molar-refractivity contribution >= 4 is 5.97 Å². The maximum Gasteiger partial charge on any atom is 0.307 e. The molecule has 2 atom stereocenters. The van der Waals surface area contributed by atoms with E-state index >= 15 is 0 Å². The van der Waals surface area contributed by atoms with Gasteiger partial charge in [-0.2, -0.15) is 0 Å². The largest absolute Gasteiger partial charge is 0.466 e. The van der Waals surface area contributed by atoms with E-state index in [9.17, 15) is 4.79 Å². The summed E-state index contributed by atoms with van der Waals surface area (Å²) in [5.74, 6) is 0.515. The van der Waals surface area contributed by atoms with Crippen molar-refractivity contribution in [2.24, 2.45) is 11.3 Å². The van der Waals surface area contributed by atoms with Crippen LogP contribution in [0.3, 0.4) is 0 Å². The maximum atomic E-state index is 12.2. The normalized spacial score (nSPS) is 34.0. The topological polar surface area (TPSA) is 32.8 Å². The molecular weight excluding hydrogens is 264 g/mol. The predicted octanol–water partition coefficient (Wildman–Crippen LogP) is 2.38. The van der Waals surface area contributed by atoms with E-state index in [1.807, 2.05) is 6.92 Å². The number of esters is 1. The molecule has 0 aromatic heterocycles. The second kappa shape index (κ2) is 6.25. The summed E-state index contributed by atoms with van der Waals surface area (Å²) < 4.78 is 5.28. The van der Waals surface area contributed by atoms with E-state index in [1.165, 1.54) is 6.42 Å². The lowest BCUT2D eigenvalue weighted by atomic mass is 9.81. The first kappa shape index (κ1) is 16.8. The number of hydrogen-bond acceptors (Lipinski definition) is 4. The summed E-state index contributed by atoms with van der Waals surface area (Å²) in [6, 6.07) is 0. The average Bonchev–Trinajstić information content (AvgIpc) is 2.60. The first-order chi connectivity index (χ1) is 9.79. The highest BCUT2D eigenvalue weighted by atomic mass is 16.5. The van der Waals surface area contributed by atoms with Crippen molar-refractivity contribution in [2.75, 3.05) is 39.8 Å². The third kappa shape index (κ3) is 3.59. The molecule has 2 aliphatic rings. The van der Waals surface area contributed by atoms with Gasteiger partial charge in [-0.1, -0.05) is 20.8 Å². The zero-order valence-corrected chi connectivity index (χ0v) is 14.4. The Bertz CT molecular complexity index is 375. The molecule has 0 N–H and O–H groups in total. The summed E-state index contributed by atoms with van der Waals surface area (Å²) in [4.78, 5) is 17.2. The van der Waals surface area contributed by atoms with Crippen LogP contribution in [0.15, 0.2) is 0 Å². The van der Waals surface area contributed by atoms with Gasteiger partial charge in [-0.05, 0) is 38.1 Å². The zero-order valence-electron chi connectivity index (χ0n) is 14.4. The average molecular weight is 296 g/mol. The molecule has 0 aromatic carbocycles. The van der Waals surface area contributed by atoms with Crippen LogP contribution in [0.25, 0.3) is 0 Å². The Morgan fingerprint density at radius 3 is 2.33 bits per heavy atom. The Balaban J connectivity index is 2.20. The summed E-state index contributed by atoms with van der Waals surface area (Å²) >= 11 is 0. The van der Waals surface area contributed by atoms with Crippen LogP contribution < -0.4 is 0 Å². The van der Waals surface area contributed by atoms with Gasteiger partial charge in [0.05, 0.1) is 13.0 Å². The summed E-state index contributed by atoms with van der Waals surface area (Å²) in [5, 5.41) is 0. The Labute approximate surface area is 129 Å². The van der Waals surface area contributed by atoms with Crippen molar-refractivity contribution in [3.05, 3.63) is 0 Å². The molecule has 0 bridgehead atoms. The highest BCUT2D eigenvalue weighted by Crippen LogP contribution is 2.52. The Hall–Kier alpha value is -0.610.